The van der Waals surface area contributed by atoms with Crippen LogP contribution in [0.5, 0.6) is 0 Å². The van der Waals surface area contributed by atoms with E-state index in [0.29, 0.717) is 11.5 Å². The van der Waals surface area contributed by atoms with Crippen molar-refractivity contribution in [3.8, 4) is 0 Å². The summed E-state index contributed by atoms with van der Waals surface area (Å²) in [6.45, 7) is 8.76. The molecule has 2 heterocycles. The Morgan fingerprint density at radius 3 is 2.37 bits per heavy atom. The van der Waals surface area contributed by atoms with Crippen LogP contribution in [0.3, 0.4) is 0 Å². The van der Waals surface area contributed by atoms with Gasteiger partial charge >= 0.3 is 0 Å². The molecule has 0 aromatic heterocycles. The van der Waals surface area contributed by atoms with Gasteiger partial charge in [0.05, 0.1) is 11.7 Å². The number of rotatable bonds is 3. The largest absolute Gasteiger partial charge is 0.372 e. The van der Waals surface area contributed by atoms with Gasteiger partial charge in [0, 0.05) is 18.5 Å². The SMILES string of the molecule is Cc1ccc(C2(CC3CCC(C)(C)O3)CNC2)cc1. The van der Waals surface area contributed by atoms with Crippen LogP contribution in [-0.4, -0.2) is 24.8 Å². The van der Waals surface area contributed by atoms with Crippen LogP contribution in [0.1, 0.15) is 44.2 Å². The average Bonchev–Trinajstić information content (AvgIpc) is 2.65. The molecule has 1 unspecified atom stereocenters. The highest BCUT2D eigenvalue weighted by molar-refractivity contribution is 5.32. The van der Waals surface area contributed by atoms with Crippen molar-refractivity contribution in [2.75, 3.05) is 13.1 Å². The van der Waals surface area contributed by atoms with E-state index in [1.54, 1.807) is 0 Å². The summed E-state index contributed by atoms with van der Waals surface area (Å²) in [7, 11) is 0. The first-order chi connectivity index (χ1) is 8.99. The molecule has 1 atom stereocenters. The Balaban J connectivity index is 1.75. The standard InChI is InChI=1S/C17H25NO/c1-13-4-6-14(7-5-13)17(11-18-12-17)10-15-8-9-16(2,3)19-15/h4-7,15,18H,8-12H2,1-3H3. The Morgan fingerprint density at radius 2 is 1.89 bits per heavy atom. The van der Waals surface area contributed by atoms with E-state index in [1.165, 1.54) is 24.0 Å². The lowest BCUT2D eigenvalue weighted by molar-refractivity contribution is -0.0318. The zero-order valence-electron chi connectivity index (χ0n) is 12.3. The maximum Gasteiger partial charge on any atom is 0.0631 e. The van der Waals surface area contributed by atoms with Gasteiger partial charge in [0.2, 0.25) is 0 Å². The molecule has 2 nitrogen and oxygen atoms in total. The van der Waals surface area contributed by atoms with Gasteiger partial charge < -0.3 is 10.1 Å². The first-order valence-corrected chi connectivity index (χ1v) is 7.45. The second-order valence-corrected chi connectivity index (χ2v) is 6.99. The van der Waals surface area contributed by atoms with Crippen LogP contribution >= 0.6 is 0 Å². The lowest BCUT2D eigenvalue weighted by Crippen LogP contribution is -2.58. The van der Waals surface area contributed by atoms with E-state index in [1.807, 2.05) is 0 Å². The monoisotopic (exact) mass is 259 g/mol. The number of hydrogen-bond donors (Lipinski definition) is 1. The number of nitrogens with one attached hydrogen (secondary N) is 1. The van der Waals surface area contributed by atoms with Crippen LogP contribution in [-0.2, 0) is 10.2 Å². The molecule has 2 saturated heterocycles. The van der Waals surface area contributed by atoms with E-state index in [-0.39, 0.29) is 5.60 Å². The summed E-state index contributed by atoms with van der Waals surface area (Å²) >= 11 is 0. The number of hydrogen-bond acceptors (Lipinski definition) is 2. The van der Waals surface area contributed by atoms with E-state index < -0.39 is 0 Å². The van der Waals surface area contributed by atoms with Crippen molar-refractivity contribution < 1.29 is 4.74 Å². The molecule has 104 valence electrons. The normalized spacial score (nSPS) is 28.1. The number of aryl methyl sites for hydroxylation is 1. The van der Waals surface area contributed by atoms with Crippen LogP contribution in [0.2, 0.25) is 0 Å². The Hall–Kier alpha value is -0.860. The number of ether oxygens (including phenoxy) is 1. The zero-order chi connectivity index (χ0) is 13.5. The van der Waals surface area contributed by atoms with E-state index >= 15 is 0 Å². The molecule has 0 bridgehead atoms. The summed E-state index contributed by atoms with van der Waals surface area (Å²) in [4.78, 5) is 0. The molecule has 0 aliphatic carbocycles. The molecular formula is C17H25NO. The zero-order valence-corrected chi connectivity index (χ0v) is 12.3. The van der Waals surface area contributed by atoms with Gasteiger partial charge in [-0.1, -0.05) is 29.8 Å². The Morgan fingerprint density at radius 1 is 1.21 bits per heavy atom. The van der Waals surface area contributed by atoms with Crippen molar-refractivity contribution in [1.82, 2.24) is 5.32 Å². The quantitative estimate of drug-likeness (QED) is 0.900. The van der Waals surface area contributed by atoms with E-state index in [9.17, 15) is 0 Å². The highest BCUT2D eigenvalue weighted by Crippen LogP contribution is 2.40. The van der Waals surface area contributed by atoms with Crippen molar-refractivity contribution in [2.24, 2.45) is 0 Å². The fraction of sp³-hybridized carbons (Fsp3) is 0.647. The predicted octanol–water partition coefficient (Wildman–Crippen LogP) is 3.18. The van der Waals surface area contributed by atoms with Crippen molar-refractivity contribution in [1.29, 1.82) is 0 Å². The summed E-state index contributed by atoms with van der Waals surface area (Å²) < 4.78 is 6.20. The Bertz CT molecular complexity index is 445. The van der Waals surface area contributed by atoms with Crippen LogP contribution in [0.15, 0.2) is 24.3 Å². The van der Waals surface area contributed by atoms with Gasteiger partial charge in [0.15, 0.2) is 0 Å². The minimum Gasteiger partial charge on any atom is -0.372 e. The molecule has 2 aliphatic heterocycles. The highest BCUT2D eigenvalue weighted by atomic mass is 16.5. The minimum absolute atomic E-state index is 0.0797. The van der Waals surface area contributed by atoms with Gasteiger partial charge in [0.25, 0.3) is 0 Å². The van der Waals surface area contributed by atoms with Crippen molar-refractivity contribution >= 4 is 0 Å². The third kappa shape index (κ3) is 2.56. The Labute approximate surface area is 116 Å². The lowest BCUT2D eigenvalue weighted by atomic mass is 9.71. The maximum atomic E-state index is 6.20. The highest BCUT2D eigenvalue weighted by Gasteiger charge is 2.43. The van der Waals surface area contributed by atoms with Gasteiger partial charge in [-0.05, 0) is 45.6 Å². The van der Waals surface area contributed by atoms with Gasteiger partial charge in [-0.2, -0.15) is 0 Å². The number of benzene rings is 1. The van der Waals surface area contributed by atoms with Crippen LogP contribution in [0.4, 0.5) is 0 Å². The molecule has 0 saturated carbocycles. The third-order valence-corrected chi connectivity index (χ3v) is 4.76. The molecule has 2 heteroatoms. The Kier molecular flexibility index (Phi) is 3.18. The maximum absolute atomic E-state index is 6.20. The topological polar surface area (TPSA) is 21.3 Å². The second kappa shape index (κ2) is 4.60. The molecule has 1 N–H and O–H groups in total. The molecule has 2 fully saturated rings. The van der Waals surface area contributed by atoms with Crippen LogP contribution in [0, 0.1) is 6.92 Å². The fourth-order valence-electron chi connectivity index (χ4n) is 3.46. The summed E-state index contributed by atoms with van der Waals surface area (Å²) in [6, 6.07) is 9.07. The molecule has 1 aromatic carbocycles. The van der Waals surface area contributed by atoms with E-state index in [0.717, 1.165) is 19.5 Å². The smallest absolute Gasteiger partial charge is 0.0631 e. The van der Waals surface area contributed by atoms with Gasteiger partial charge in [-0.25, -0.2) is 0 Å². The van der Waals surface area contributed by atoms with Crippen LogP contribution < -0.4 is 5.32 Å². The third-order valence-electron chi connectivity index (χ3n) is 4.76. The molecule has 1 aromatic rings. The first-order valence-electron chi connectivity index (χ1n) is 7.45. The molecule has 19 heavy (non-hydrogen) atoms. The first kappa shape index (κ1) is 13.1. The van der Waals surface area contributed by atoms with Crippen molar-refractivity contribution in [3.05, 3.63) is 35.4 Å². The van der Waals surface area contributed by atoms with E-state index in [4.69, 9.17) is 4.74 Å². The van der Waals surface area contributed by atoms with Gasteiger partial charge in [0.1, 0.15) is 0 Å². The van der Waals surface area contributed by atoms with E-state index in [2.05, 4.69) is 50.4 Å². The molecule has 0 radical (unpaired) electrons. The molecule has 2 aliphatic rings. The molecule has 3 rings (SSSR count). The van der Waals surface area contributed by atoms with Crippen molar-refractivity contribution in [3.63, 3.8) is 0 Å². The lowest BCUT2D eigenvalue weighted by Gasteiger charge is -2.45. The average molecular weight is 259 g/mol. The van der Waals surface area contributed by atoms with Gasteiger partial charge in [-0.3, -0.25) is 0 Å². The summed E-state index contributed by atoms with van der Waals surface area (Å²) in [5.74, 6) is 0. The van der Waals surface area contributed by atoms with Crippen LogP contribution in [0.25, 0.3) is 0 Å². The summed E-state index contributed by atoms with van der Waals surface area (Å²) in [6.07, 6.45) is 3.99. The summed E-state index contributed by atoms with van der Waals surface area (Å²) in [5.41, 5.74) is 3.20. The summed E-state index contributed by atoms with van der Waals surface area (Å²) in [5, 5.41) is 3.45. The molecule has 0 amide bonds. The fourth-order valence-corrected chi connectivity index (χ4v) is 3.46. The predicted molar refractivity (Wildman–Crippen MR) is 78.5 cm³/mol. The van der Waals surface area contributed by atoms with Crippen molar-refractivity contribution in [2.45, 2.75) is 57.2 Å². The molecule has 0 spiro atoms. The van der Waals surface area contributed by atoms with Gasteiger partial charge in [-0.15, -0.1) is 0 Å². The minimum atomic E-state index is 0.0797. The second-order valence-electron chi connectivity index (χ2n) is 6.99. The molecular weight excluding hydrogens is 234 g/mol.